The molecule has 1 fully saturated rings. The molecule has 1 unspecified atom stereocenters. The number of nitrogens with one attached hydrogen (secondary N) is 1. The standard InChI is InChI=1S/C16H22N2O2S/c1-10-12(8-5-9-13(10)19)16(20)18-14(15(17)21)11-6-3-2-4-7-11/h5,8-9,11,14,19H,2-4,6-7H2,1H3,(H2,17,21)(H,18,20). The number of hydrogen-bond acceptors (Lipinski definition) is 3. The molecule has 0 radical (unpaired) electrons. The highest BCUT2D eigenvalue weighted by molar-refractivity contribution is 7.80. The lowest BCUT2D eigenvalue weighted by Crippen LogP contribution is -2.48. The number of phenols is 1. The van der Waals surface area contributed by atoms with Crippen LogP contribution in [0.2, 0.25) is 0 Å². The second-order valence-corrected chi connectivity index (χ2v) is 6.17. The normalized spacial score (nSPS) is 17.2. The Hall–Kier alpha value is -1.62. The molecule has 1 aliphatic rings. The molecule has 1 aromatic rings. The topological polar surface area (TPSA) is 75.3 Å². The predicted molar refractivity (Wildman–Crippen MR) is 87.5 cm³/mol. The number of hydrogen-bond donors (Lipinski definition) is 3. The zero-order valence-corrected chi connectivity index (χ0v) is 13.1. The lowest BCUT2D eigenvalue weighted by molar-refractivity contribution is 0.0931. The van der Waals surface area contributed by atoms with Crippen LogP contribution in [0.25, 0.3) is 0 Å². The molecule has 0 aliphatic heterocycles. The molecular weight excluding hydrogens is 284 g/mol. The van der Waals surface area contributed by atoms with E-state index in [0.717, 1.165) is 25.7 Å². The van der Waals surface area contributed by atoms with Gasteiger partial charge in [-0.3, -0.25) is 4.79 Å². The van der Waals surface area contributed by atoms with E-state index in [1.165, 1.54) is 6.42 Å². The van der Waals surface area contributed by atoms with Gasteiger partial charge in [-0.2, -0.15) is 0 Å². The number of amides is 1. The third-order valence-electron chi connectivity index (χ3n) is 4.26. The predicted octanol–water partition coefficient (Wildman–Crippen LogP) is 2.67. The van der Waals surface area contributed by atoms with Gasteiger partial charge in [0.15, 0.2) is 0 Å². The third-order valence-corrected chi connectivity index (χ3v) is 4.52. The van der Waals surface area contributed by atoms with E-state index in [4.69, 9.17) is 18.0 Å². The Morgan fingerprint density at radius 2 is 2.05 bits per heavy atom. The molecule has 5 heteroatoms. The summed E-state index contributed by atoms with van der Waals surface area (Å²) < 4.78 is 0. The maximum absolute atomic E-state index is 12.4. The molecule has 0 spiro atoms. The minimum atomic E-state index is -0.269. The number of carbonyl (C=O) groups is 1. The molecule has 21 heavy (non-hydrogen) atoms. The Balaban J connectivity index is 2.14. The van der Waals surface area contributed by atoms with Crippen LogP contribution < -0.4 is 11.1 Å². The summed E-state index contributed by atoms with van der Waals surface area (Å²) >= 11 is 5.14. The van der Waals surface area contributed by atoms with Crippen LogP contribution >= 0.6 is 12.2 Å². The monoisotopic (exact) mass is 306 g/mol. The molecule has 0 saturated heterocycles. The van der Waals surface area contributed by atoms with Crippen molar-refractivity contribution in [2.24, 2.45) is 11.7 Å². The fourth-order valence-corrected chi connectivity index (χ4v) is 3.23. The molecule has 0 bridgehead atoms. The van der Waals surface area contributed by atoms with Gasteiger partial charge in [-0.25, -0.2) is 0 Å². The summed E-state index contributed by atoms with van der Waals surface area (Å²) in [6.07, 6.45) is 5.64. The van der Waals surface area contributed by atoms with Gasteiger partial charge in [-0.1, -0.05) is 37.5 Å². The van der Waals surface area contributed by atoms with Crippen LogP contribution in [0.15, 0.2) is 18.2 Å². The summed E-state index contributed by atoms with van der Waals surface area (Å²) in [5.41, 5.74) is 6.86. The molecule has 1 amide bonds. The van der Waals surface area contributed by atoms with Crippen molar-refractivity contribution in [2.45, 2.75) is 45.1 Å². The van der Waals surface area contributed by atoms with Crippen LogP contribution in [0.4, 0.5) is 0 Å². The molecule has 0 aromatic heterocycles. The second kappa shape index (κ2) is 6.89. The highest BCUT2D eigenvalue weighted by Crippen LogP contribution is 2.27. The first-order valence-electron chi connectivity index (χ1n) is 7.39. The van der Waals surface area contributed by atoms with Crippen molar-refractivity contribution in [2.75, 3.05) is 0 Å². The van der Waals surface area contributed by atoms with Crippen molar-refractivity contribution in [3.05, 3.63) is 29.3 Å². The largest absolute Gasteiger partial charge is 0.508 e. The van der Waals surface area contributed by atoms with Crippen LogP contribution in [0.5, 0.6) is 5.75 Å². The molecule has 4 nitrogen and oxygen atoms in total. The van der Waals surface area contributed by atoms with Crippen LogP contribution in [0.3, 0.4) is 0 Å². The fraction of sp³-hybridized carbons (Fsp3) is 0.500. The summed E-state index contributed by atoms with van der Waals surface area (Å²) in [5.74, 6) is 0.205. The molecule has 114 valence electrons. The summed E-state index contributed by atoms with van der Waals surface area (Å²) in [6.45, 7) is 1.72. The number of rotatable bonds is 4. The van der Waals surface area contributed by atoms with Gasteiger partial charge < -0.3 is 16.2 Å². The number of carbonyl (C=O) groups excluding carboxylic acids is 1. The lowest BCUT2D eigenvalue weighted by Gasteiger charge is -2.30. The molecule has 4 N–H and O–H groups in total. The molecule has 1 saturated carbocycles. The highest BCUT2D eigenvalue weighted by Gasteiger charge is 2.28. The van der Waals surface area contributed by atoms with Crippen molar-refractivity contribution in [1.82, 2.24) is 5.32 Å². The average Bonchev–Trinajstić information content (AvgIpc) is 2.48. The number of aromatic hydroxyl groups is 1. The van der Waals surface area contributed by atoms with E-state index in [2.05, 4.69) is 5.32 Å². The number of nitrogens with two attached hydrogens (primary N) is 1. The van der Waals surface area contributed by atoms with E-state index in [9.17, 15) is 9.90 Å². The van der Waals surface area contributed by atoms with Gasteiger partial charge in [0.05, 0.1) is 11.0 Å². The zero-order valence-electron chi connectivity index (χ0n) is 12.3. The quantitative estimate of drug-likeness (QED) is 0.748. The molecule has 1 aliphatic carbocycles. The van der Waals surface area contributed by atoms with Gasteiger partial charge in [0, 0.05) is 11.1 Å². The maximum atomic E-state index is 12.4. The molecule has 1 aromatic carbocycles. The first-order valence-corrected chi connectivity index (χ1v) is 7.80. The lowest BCUT2D eigenvalue weighted by atomic mass is 9.83. The van der Waals surface area contributed by atoms with Crippen molar-refractivity contribution >= 4 is 23.1 Å². The molecule has 0 heterocycles. The Morgan fingerprint density at radius 3 is 2.67 bits per heavy atom. The van der Waals surface area contributed by atoms with Gasteiger partial charge in [-0.05, 0) is 37.8 Å². The van der Waals surface area contributed by atoms with Gasteiger partial charge in [0.1, 0.15) is 5.75 Å². The average molecular weight is 306 g/mol. The molecular formula is C16H22N2O2S. The van der Waals surface area contributed by atoms with Crippen LogP contribution in [0, 0.1) is 12.8 Å². The van der Waals surface area contributed by atoms with Gasteiger partial charge in [-0.15, -0.1) is 0 Å². The fourth-order valence-electron chi connectivity index (χ4n) is 2.98. The number of phenolic OH excluding ortho intramolecular Hbond substituents is 1. The maximum Gasteiger partial charge on any atom is 0.252 e. The molecule has 2 rings (SSSR count). The van der Waals surface area contributed by atoms with Gasteiger partial charge in [0.2, 0.25) is 0 Å². The highest BCUT2D eigenvalue weighted by atomic mass is 32.1. The van der Waals surface area contributed by atoms with Crippen LogP contribution in [0.1, 0.15) is 48.0 Å². The number of benzene rings is 1. The first-order chi connectivity index (χ1) is 10.0. The second-order valence-electron chi connectivity index (χ2n) is 5.70. The third kappa shape index (κ3) is 3.73. The van der Waals surface area contributed by atoms with Gasteiger partial charge in [0.25, 0.3) is 5.91 Å². The van der Waals surface area contributed by atoms with E-state index in [0.29, 0.717) is 22.0 Å². The Morgan fingerprint density at radius 1 is 1.38 bits per heavy atom. The minimum Gasteiger partial charge on any atom is -0.508 e. The van der Waals surface area contributed by atoms with Crippen LogP contribution in [-0.4, -0.2) is 22.0 Å². The summed E-state index contributed by atoms with van der Waals surface area (Å²) in [5, 5.41) is 12.7. The Bertz CT molecular complexity index is 539. The number of thiocarbonyl (C=S) groups is 1. The van der Waals surface area contributed by atoms with Crippen LogP contribution in [-0.2, 0) is 0 Å². The van der Waals surface area contributed by atoms with E-state index < -0.39 is 0 Å². The SMILES string of the molecule is Cc1c(O)cccc1C(=O)NC(C(N)=S)C1CCCCC1. The summed E-state index contributed by atoms with van der Waals surface area (Å²) in [6, 6.07) is 4.66. The van der Waals surface area contributed by atoms with Crippen molar-refractivity contribution < 1.29 is 9.90 Å². The van der Waals surface area contributed by atoms with Crippen molar-refractivity contribution in [1.29, 1.82) is 0 Å². The van der Waals surface area contributed by atoms with Crippen molar-refractivity contribution in [3.8, 4) is 5.75 Å². The Kier molecular flexibility index (Phi) is 5.17. The minimum absolute atomic E-state index is 0.118. The van der Waals surface area contributed by atoms with Gasteiger partial charge >= 0.3 is 0 Å². The van der Waals surface area contributed by atoms with Crippen molar-refractivity contribution in [3.63, 3.8) is 0 Å². The molecule has 1 atom stereocenters. The summed E-state index contributed by atoms with van der Waals surface area (Å²) in [7, 11) is 0. The van der Waals surface area contributed by atoms with E-state index in [-0.39, 0.29) is 17.7 Å². The van der Waals surface area contributed by atoms with E-state index in [1.54, 1.807) is 25.1 Å². The first kappa shape index (κ1) is 15.8. The summed E-state index contributed by atoms with van der Waals surface area (Å²) in [4.78, 5) is 12.8. The van der Waals surface area contributed by atoms with E-state index in [1.807, 2.05) is 0 Å². The zero-order chi connectivity index (χ0) is 15.4. The Labute approximate surface area is 130 Å². The van der Waals surface area contributed by atoms with E-state index >= 15 is 0 Å². The smallest absolute Gasteiger partial charge is 0.252 e.